The van der Waals surface area contributed by atoms with Crippen LogP contribution in [0.3, 0.4) is 0 Å². The maximum absolute atomic E-state index is 13.3. The molecule has 0 aliphatic carbocycles. The number of esters is 1. The van der Waals surface area contributed by atoms with Gasteiger partial charge in [0.15, 0.2) is 0 Å². The zero-order chi connectivity index (χ0) is 17.5. The van der Waals surface area contributed by atoms with Crippen molar-refractivity contribution in [2.24, 2.45) is 4.99 Å². The summed E-state index contributed by atoms with van der Waals surface area (Å²) in [7, 11) is 0.805. The van der Waals surface area contributed by atoms with E-state index in [1.54, 1.807) is 38.1 Å². The summed E-state index contributed by atoms with van der Waals surface area (Å²) in [5, 5.41) is 9.98. The van der Waals surface area contributed by atoms with Gasteiger partial charge in [0.2, 0.25) is 0 Å². The highest BCUT2D eigenvalue weighted by Crippen LogP contribution is 2.37. The Morgan fingerprint density at radius 2 is 1.96 bits per heavy atom. The van der Waals surface area contributed by atoms with Crippen molar-refractivity contribution in [3.63, 3.8) is 0 Å². The van der Waals surface area contributed by atoms with Crippen molar-refractivity contribution < 1.29 is 27.8 Å². The second-order valence-electron chi connectivity index (χ2n) is 6.23. The smallest absolute Gasteiger partial charge is 0.428 e. The van der Waals surface area contributed by atoms with Crippen molar-refractivity contribution in [1.82, 2.24) is 0 Å². The van der Waals surface area contributed by atoms with Crippen molar-refractivity contribution in [3.05, 3.63) is 35.4 Å². The molecule has 1 unspecified atom stereocenters. The Balaban J connectivity index is 2.51. The molecule has 1 aliphatic rings. The van der Waals surface area contributed by atoms with Gasteiger partial charge in [-0.25, -0.2) is 4.79 Å². The van der Waals surface area contributed by atoms with Gasteiger partial charge in [-0.05, 0) is 31.4 Å². The van der Waals surface area contributed by atoms with Crippen molar-refractivity contribution >= 4 is 11.7 Å². The van der Waals surface area contributed by atoms with E-state index in [1.807, 2.05) is 0 Å². The number of fused-ring (bicyclic) bond motifs is 1. The number of nitrogens with zero attached hydrogens (tertiary/aromatic N) is 1. The highest BCUT2D eigenvalue weighted by molar-refractivity contribution is 6.05. The summed E-state index contributed by atoms with van der Waals surface area (Å²) in [6.07, 6.45) is -5.59. The van der Waals surface area contributed by atoms with Crippen molar-refractivity contribution in [1.29, 1.82) is 0 Å². The Kier molecular flexibility index (Phi) is 4.28. The molecule has 1 aliphatic heterocycles. The Morgan fingerprint density at radius 3 is 2.52 bits per heavy atom. The second kappa shape index (κ2) is 5.63. The average Bonchev–Trinajstić information content (AvgIpc) is 2.43. The number of hydrogen-bond donors (Lipinski definition) is 1. The number of aliphatic hydroxyl groups is 1. The van der Waals surface area contributed by atoms with Crippen LogP contribution in [-0.2, 0) is 16.0 Å². The molecule has 4 nitrogen and oxygen atoms in total. The summed E-state index contributed by atoms with van der Waals surface area (Å²) in [4.78, 5) is 15.9. The first-order valence-corrected chi connectivity index (χ1v) is 7.05. The van der Waals surface area contributed by atoms with Crippen LogP contribution in [0.1, 0.15) is 31.4 Å². The van der Waals surface area contributed by atoms with E-state index in [1.165, 1.54) is 0 Å². The summed E-state index contributed by atoms with van der Waals surface area (Å²) in [5.41, 5.74) is -2.86. The lowest BCUT2D eigenvalue weighted by Crippen LogP contribution is -2.54. The molecule has 1 aromatic rings. The zero-order valence-electron chi connectivity index (χ0n) is 13.1. The van der Waals surface area contributed by atoms with Gasteiger partial charge >= 0.3 is 12.1 Å². The van der Waals surface area contributed by atoms with Gasteiger partial charge in [-0.3, -0.25) is 4.99 Å². The lowest BCUT2D eigenvalue weighted by atomic mass is 9.83. The fourth-order valence-electron chi connectivity index (χ4n) is 2.72. The Morgan fingerprint density at radius 1 is 1.35 bits per heavy atom. The van der Waals surface area contributed by atoms with Crippen LogP contribution in [0, 0.1) is 0 Å². The topological polar surface area (TPSA) is 58.9 Å². The third-order valence-electron chi connectivity index (χ3n) is 3.80. The van der Waals surface area contributed by atoms with Gasteiger partial charge in [-0.1, -0.05) is 24.3 Å². The number of aliphatic imine (C=N–C) groups is 1. The zero-order valence-corrected chi connectivity index (χ0v) is 13.1. The Labute approximate surface area is 132 Å². The van der Waals surface area contributed by atoms with E-state index in [-0.39, 0.29) is 5.71 Å². The molecule has 0 saturated heterocycles. The van der Waals surface area contributed by atoms with Crippen LogP contribution in [0.15, 0.2) is 29.3 Å². The Hall–Kier alpha value is -1.89. The minimum atomic E-state index is -5.17. The fraction of sp³-hybridized carbons (Fsp3) is 0.500. The molecule has 2 rings (SSSR count). The van der Waals surface area contributed by atoms with Crippen LogP contribution in [0.2, 0.25) is 0 Å². The molecule has 1 heterocycles. The molecular formula is C16H18F3NO3. The summed E-state index contributed by atoms with van der Waals surface area (Å²) < 4.78 is 43.9. The van der Waals surface area contributed by atoms with Gasteiger partial charge in [0.05, 0.1) is 12.6 Å². The molecule has 23 heavy (non-hydrogen) atoms. The first kappa shape index (κ1) is 17.5. The van der Waals surface area contributed by atoms with Gasteiger partial charge in [0.25, 0.3) is 5.60 Å². The molecule has 0 fully saturated rings. The lowest BCUT2D eigenvalue weighted by molar-refractivity contribution is -0.259. The molecule has 0 spiro atoms. The number of ether oxygens (including phenoxy) is 1. The van der Waals surface area contributed by atoms with Gasteiger partial charge in [-0.15, -0.1) is 0 Å². The van der Waals surface area contributed by atoms with Gasteiger partial charge in [0.1, 0.15) is 0 Å². The maximum Gasteiger partial charge on any atom is 0.428 e. The third kappa shape index (κ3) is 3.24. The molecule has 7 heteroatoms. The fourth-order valence-corrected chi connectivity index (χ4v) is 2.72. The quantitative estimate of drug-likeness (QED) is 0.868. The second-order valence-corrected chi connectivity index (χ2v) is 6.23. The van der Waals surface area contributed by atoms with Crippen molar-refractivity contribution in [2.45, 2.75) is 44.0 Å². The van der Waals surface area contributed by atoms with Crippen molar-refractivity contribution in [3.8, 4) is 0 Å². The van der Waals surface area contributed by atoms with Crippen molar-refractivity contribution in [2.75, 3.05) is 7.11 Å². The normalized spacial score (nSPS) is 19.3. The van der Waals surface area contributed by atoms with Crippen LogP contribution in [-0.4, -0.2) is 41.2 Å². The molecule has 0 radical (unpaired) electrons. The lowest BCUT2D eigenvalue weighted by Gasteiger charge is -2.33. The van der Waals surface area contributed by atoms with Crippen LogP contribution in [0.5, 0.6) is 0 Å². The number of rotatable bonds is 3. The standard InChI is InChI=1S/C16H18F3NO3/c1-14(2)8-10-6-4-5-7-11(10)12(20-14)9-15(22,13(21)23-3)16(17,18)19/h4-7,22H,8-9H2,1-3H3. The predicted octanol–water partition coefficient (Wildman–Crippen LogP) is 2.67. The SMILES string of the molecule is COC(=O)C(O)(CC1=NC(C)(C)Cc2ccccc21)C(F)(F)F. The number of carbonyl (C=O) groups excluding carboxylic acids is 1. The molecule has 0 amide bonds. The maximum atomic E-state index is 13.3. The molecule has 1 N–H and O–H groups in total. The third-order valence-corrected chi connectivity index (χ3v) is 3.80. The molecule has 1 aromatic carbocycles. The molecule has 0 saturated carbocycles. The number of carbonyl (C=O) groups is 1. The Bertz CT molecular complexity index is 652. The summed E-state index contributed by atoms with van der Waals surface area (Å²) in [6, 6.07) is 6.90. The van der Waals surface area contributed by atoms with Crippen LogP contribution in [0.4, 0.5) is 13.2 Å². The molecule has 126 valence electrons. The van der Waals surface area contributed by atoms with E-state index in [0.717, 1.165) is 12.7 Å². The number of alkyl halides is 3. The first-order valence-electron chi connectivity index (χ1n) is 7.05. The van der Waals surface area contributed by atoms with E-state index in [2.05, 4.69) is 9.73 Å². The van der Waals surface area contributed by atoms with Gasteiger partial charge in [0, 0.05) is 12.1 Å². The monoisotopic (exact) mass is 329 g/mol. The number of halogens is 3. The van der Waals surface area contributed by atoms with Crippen LogP contribution in [0.25, 0.3) is 0 Å². The molecule has 0 aromatic heterocycles. The van der Waals surface area contributed by atoms with E-state index in [0.29, 0.717) is 12.0 Å². The largest absolute Gasteiger partial charge is 0.467 e. The predicted molar refractivity (Wildman–Crippen MR) is 78.4 cm³/mol. The van der Waals surface area contributed by atoms with Gasteiger partial charge in [-0.2, -0.15) is 13.2 Å². The van der Waals surface area contributed by atoms with E-state index >= 15 is 0 Å². The summed E-state index contributed by atoms with van der Waals surface area (Å²) in [5.74, 6) is -1.74. The van der Waals surface area contributed by atoms with E-state index < -0.39 is 29.7 Å². The highest BCUT2D eigenvalue weighted by atomic mass is 19.4. The van der Waals surface area contributed by atoms with Crippen LogP contribution >= 0.6 is 0 Å². The highest BCUT2D eigenvalue weighted by Gasteiger charge is 2.61. The minimum Gasteiger partial charge on any atom is -0.467 e. The minimum absolute atomic E-state index is 0.0436. The first-order chi connectivity index (χ1) is 10.5. The van der Waals surface area contributed by atoms with Gasteiger partial charge < -0.3 is 9.84 Å². The molecule has 0 bridgehead atoms. The van der Waals surface area contributed by atoms with E-state index in [4.69, 9.17) is 0 Å². The number of benzene rings is 1. The number of methoxy groups -OCH3 is 1. The molecule has 1 atom stereocenters. The average molecular weight is 329 g/mol. The van der Waals surface area contributed by atoms with E-state index in [9.17, 15) is 23.1 Å². The molecular weight excluding hydrogens is 311 g/mol. The number of hydrogen-bond acceptors (Lipinski definition) is 4. The summed E-state index contributed by atoms with van der Waals surface area (Å²) >= 11 is 0. The summed E-state index contributed by atoms with van der Waals surface area (Å²) in [6.45, 7) is 3.57. The van der Waals surface area contributed by atoms with Crippen LogP contribution < -0.4 is 0 Å².